The predicted molar refractivity (Wildman–Crippen MR) is 179 cm³/mol. The van der Waals surface area contributed by atoms with Crippen molar-refractivity contribution < 1.29 is 24.6 Å². The van der Waals surface area contributed by atoms with Crippen molar-refractivity contribution in [2.75, 3.05) is 0 Å². The Labute approximate surface area is 263 Å². The lowest BCUT2D eigenvalue weighted by atomic mass is 9.87. The van der Waals surface area contributed by atoms with E-state index in [2.05, 4.69) is 42.5 Å². The van der Waals surface area contributed by atoms with Crippen LogP contribution in [0.4, 0.5) is 0 Å². The number of amides is 1. The number of rotatable bonds is 13. The fourth-order valence-corrected chi connectivity index (χ4v) is 5.97. The van der Waals surface area contributed by atoms with E-state index < -0.39 is 30.7 Å². The molecule has 0 aliphatic heterocycles. The standard InChI is InChI=1S/C39H37NO5/c1-27(36(32-13-3-2-4-14-32)17-9-10-28-18-20-30-11-5-7-15-33(30)22-28)40(37(41)24-35(39(44)45)25-38(42)43)26-29-19-21-31-12-6-8-16-34(31)23-29/h2-16,18-23,27,35-36H,17,24-26H2,1H3,(H,42,43)(H,44,45)/b10-9+. The van der Waals surface area contributed by atoms with Gasteiger partial charge in [-0.25, -0.2) is 0 Å². The van der Waals surface area contributed by atoms with Gasteiger partial charge in [-0.2, -0.15) is 0 Å². The molecule has 5 rings (SSSR count). The molecular formula is C39H37NO5. The number of hydrogen-bond donors (Lipinski definition) is 2. The summed E-state index contributed by atoms with van der Waals surface area (Å²) in [4.78, 5) is 39.0. The molecule has 3 unspecified atom stereocenters. The minimum Gasteiger partial charge on any atom is -0.481 e. The highest BCUT2D eigenvalue weighted by Crippen LogP contribution is 2.31. The van der Waals surface area contributed by atoms with Crippen molar-refractivity contribution in [2.45, 2.75) is 44.7 Å². The molecule has 0 fully saturated rings. The minimum atomic E-state index is -1.32. The van der Waals surface area contributed by atoms with Gasteiger partial charge in [0.25, 0.3) is 0 Å². The van der Waals surface area contributed by atoms with Gasteiger partial charge in [0.2, 0.25) is 5.91 Å². The Balaban J connectivity index is 1.47. The Morgan fingerprint density at radius 1 is 0.711 bits per heavy atom. The van der Waals surface area contributed by atoms with Gasteiger partial charge in [0, 0.05) is 24.9 Å². The van der Waals surface area contributed by atoms with Gasteiger partial charge in [0.05, 0.1) is 12.3 Å². The molecule has 228 valence electrons. The molecule has 0 aliphatic rings. The Morgan fingerprint density at radius 2 is 1.31 bits per heavy atom. The smallest absolute Gasteiger partial charge is 0.307 e. The summed E-state index contributed by atoms with van der Waals surface area (Å²) >= 11 is 0. The van der Waals surface area contributed by atoms with Crippen LogP contribution in [-0.2, 0) is 20.9 Å². The lowest BCUT2D eigenvalue weighted by molar-refractivity contribution is -0.151. The van der Waals surface area contributed by atoms with Crippen LogP contribution in [0.15, 0.2) is 121 Å². The number of carbonyl (C=O) groups excluding carboxylic acids is 1. The highest BCUT2D eigenvalue weighted by molar-refractivity contribution is 5.86. The maximum atomic E-state index is 14.0. The molecule has 1 amide bonds. The van der Waals surface area contributed by atoms with Gasteiger partial charge in [-0.1, -0.05) is 115 Å². The predicted octanol–water partition coefficient (Wildman–Crippen LogP) is 8.16. The molecule has 5 aromatic rings. The SMILES string of the molecule is CC(C(C/C=C/c1ccc2ccccc2c1)c1ccccc1)N(Cc1ccc2ccccc2c1)C(=O)CC(CC(=O)O)C(=O)O. The van der Waals surface area contributed by atoms with Gasteiger partial charge in [-0.05, 0) is 63.7 Å². The van der Waals surface area contributed by atoms with Crippen molar-refractivity contribution in [3.63, 3.8) is 0 Å². The number of carbonyl (C=O) groups is 3. The molecule has 5 aromatic carbocycles. The summed E-state index contributed by atoms with van der Waals surface area (Å²) in [6.45, 7) is 2.26. The second-order valence-electron chi connectivity index (χ2n) is 11.5. The number of aliphatic carboxylic acids is 2. The maximum Gasteiger partial charge on any atom is 0.307 e. The molecule has 0 heterocycles. The average Bonchev–Trinajstić information content (AvgIpc) is 3.05. The number of fused-ring (bicyclic) bond motifs is 2. The summed E-state index contributed by atoms with van der Waals surface area (Å²) < 4.78 is 0. The van der Waals surface area contributed by atoms with Gasteiger partial charge in [0.1, 0.15) is 0 Å². The van der Waals surface area contributed by atoms with Crippen molar-refractivity contribution in [1.82, 2.24) is 4.90 Å². The number of benzene rings is 5. The quantitative estimate of drug-likeness (QED) is 0.142. The van der Waals surface area contributed by atoms with Crippen molar-refractivity contribution in [3.8, 4) is 0 Å². The van der Waals surface area contributed by atoms with Gasteiger partial charge in [0.15, 0.2) is 0 Å². The van der Waals surface area contributed by atoms with Crippen molar-refractivity contribution >= 4 is 45.5 Å². The van der Waals surface area contributed by atoms with Crippen LogP contribution in [0.3, 0.4) is 0 Å². The summed E-state index contributed by atoms with van der Waals surface area (Å²) in [5.74, 6) is -4.34. The van der Waals surface area contributed by atoms with Crippen molar-refractivity contribution in [3.05, 3.63) is 138 Å². The van der Waals surface area contributed by atoms with E-state index in [-0.39, 0.29) is 24.4 Å². The number of hydrogen-bond acceptors (Lipinski definition) is 3. The summed E-state index contributed by atoms with van der Waals surface area (Å²) in [5.41, 5.74) is 3.05. The first kappa shape index (κ1) is 31.2. The zero-order valence-corrected chi connectivity index (χ0v) is 25.3. The highest BCUT2D eigenvalue weighted by Gasteiger charge is 2.32. The van der Waals surface area contributed by atoms with E-state index in [4.69, 9.17) is 0 Å². The van der Waals surface area contributed by atoms with Gasteiger partial charge < -0.3 is 15.1 Å². The van der Waals surface area contributed by atoms with Crippen LogP contribution in [0.25, 0.3) is 27.6 Å². The second kappa shape index (κ2) is 14.5. The zero-order valence-electron chi connectivity index (χ0n) is 25.3. The van der Waals surface area contributed by atoms with Gasteiger partial charge in [-0.3, -0.25) is 14.4 Å². The number of carboxylic acid groups (broad SMARTS) is 2. The number of nitrogens with zero attached hydrogens (tertiary/aromatic N) is 1. The van der Waals surface area contributed by atoms with Crippen LogP contribution in [0.2, 0.25) is 0 Å². The van der Waals surface area contributed by atoms with Crippen LogP contribution < -0.4 is 0 Å². The van der Waals surface area contributed by atoms with Crippen LogP contribution in [0, 0.1) is 5.92 Å². The lowest BCUT2D eigenvalue weighted by Crippen LogP contribution is -2.43. The molecule has 6 heteroatoms. The normalized spacial score (nSPS) is 13.4. The minimum absolute atomic E-state index is 0.102. The van der Waals surface area contributed by atoms with E-state index in [1.54, 1.807) is 4.90 Å². The van der Waals surface area contributed by atoms with E-state index in [9.17, 15) is 24.6 Å². The summed E-state index contributed by atoms with van der Waals surface area (Å²) in [6.07, 6.45) is 3.85. The van der Waals surface area contributed by atoms with Crippen LogP contribution in [0.1, 0.15) is 48.8 Å². The molecule has 0 saturated heterocycles. The third kappa shape index (κ3) is 8.03. The van der Waals surface area contributed by atoms with Crippen LogP contribution in [-0.4, -0.2) is 39.0 Å². The van der Waals surface area contributed by atoms with E-state index in [0.29, 0.717) is 6.42 Å². The molecule has 0 bridgehead atoms. The summed E-state index contributed by atoms with van der Waals surface area (Å²) in [6, 6.07) is 38.3. The fourth-order valence-electron chi connectivity index (χ4n) is 5.97. The number of allylic oxidation sites excluding steroid dienone is 1. The molecule has 45 heavy (non-hydrogen) atoms. The Morgan fingerprint density at radius 3 is 1.96 bits per heavy atom. The Hall–Kier alpha value is -5.23. The summed E-state index contributed by atoms with van der Waals surface area (Å²) in [7, 11) is 0. The maximum absolute atomic E-state index is 14.0. The van der Waals surface area contributed by atoms with E-state index in [1.807, 2.05) is 91.9 Å². The molecular weight excluding hydrogens is 562 g/mol. The lowest BCUT2D eigenvalue weighted by Gasteiger charge is -2.36. The number of carboxylic acids is 2. The van der Waals surface area contributed by atoms with Gasteiger partial charge >= 0.3 is 11.9 Å². The molecule has 2 N–H and O–H groups in total. The largest absolute Gasteiger partial charge is 0.481 e. The fraction of sp³-hybridized carbons (Fsp3) is 0.205. The molecule has 3 atom stereocenters. The van der Waals surface area contributed by atoms with E-state index >= 15 is 0 Å². The van der Waals surface area contributed by atoms with Crippen molar-refractivity contribution in [2.24, 2.45) is 5.92 Å². The molecule has 0 spiro atoms. The first-order valence-electron chi connectivity index (χ1n) is 15.2. The molecule has 0 saturated carbocycles. The topological polar surface area (TPSA) is 94.9 Å². The van der Waals surface area contributed by atoms with Crippen LogP contribution in [0.5, 0.6) is 0 Å². The first-order chi connectivity index (χ1) is 21.8. The zero-order chi connectivity index (χ0) is 31.8. The third-order valence-corrected chi connectivity index (χ3v) is 8.45. The molecule has 0 aliphatic carbocycles. The Bertz CT molecular complexity index is 1830. The highest BCUT2D eigenvalue weighted by atomic mass is 16.4. The van der Waals surface area contributed by atoms with Crippen LogP contribution >= 0.6 is 0 Å². The van der Waals surface area contributed by atoms with E-state index in [1.165, 1.54) is 5.39 Å². The van der Waals surface area contributed by atoms with Gasteiger partial charge in [-0.15, -0.1) is 0 Å². The first-order valence-corrected chi connectivity index (χ1v) is 15.2. The van der Waals surface area contributed by atoms with E-state index in [0.717, 1.165) is 32.8 Å². The molecule has 0 radical (unpaired) electrons. The average molecular weight is 600 g/mol. The second-order valence-corrected chi connectivity index (χ2v) is 11.5. The molecule has 6 nitrogen and oxygen atoms in total. The Kier molecular flexibility index (Phi) is 10.1. The third-order valence-electron chi connectivity index (χ3n) is 8.45. The summed E-state index contributed by atoms with van der Waals surface area (Å²) in [5, 5.41) is 23.5. The monoisotopic (exact) mass is 599 g/mol. The van der Waals surface area contributed by atoms with Crippen molar-refractivity contribution in [1.29, 1.82) is 0 Å². The molecule has 0 aromatic heterocycles.